The number of hydrogen-bond acceptors (Lipinski definition) is 1. The molecule has 0 spiro atoms. The predicted octanol–water partition coefficient (Wildman–Crippen LogP) is 16.4. The molecular weight excluding hydrogens is 693 g/mol. The van der Waals surface area contributed by atoms with Crippen LogP contribution < -0.4 is 0 Å². The zero-order valence-electron chi connectivity index (χ0n) is 33.3. The third-order valence-electron chi connectivity index (χ3n) is 11.0. The average Bonchev–Trinajstić information content (AvgIpc) is 3.69. The number of thiophene rings is 1. The van der Waals surface area contributed by atoms with Crippen molar-refractivity contribution in [3.63, 3.8) is 0 Å². The lowest BCUT2D eigenvalue weighted by Crippen LogP contribution is -2.14. The Morgan fingerprint density at radius 3 is 1.96 bits per heavy atom. The molecule has 1 heterocycles. The van der Waals surface area contributed by atoms with Crippen LogP contribution in [0, 0.1) is 0 Å². The van der Waals surface area contributed by atoms with Crippen molar-refractivity contribution in [2.24, 2.45) is 0 Å². The minimum atomic E-state index is -0.188. The molecule has 0 bridgehead atoms. The third kappa shape index (κ3) is 7.36. The number of fused-ring (bicyclic) bond motifs is 9. The van der Waals surface area contributed by atoms with E-state index in [0.29, 0.717) is 0 Å². The Morgan fingerprint density at radius 1 is 0.661 bits per heavy atom. The normalized spacial score (nSPS) is 15.5. The second-order valence-corrected chi connectivity index (χ2v) is 15.9. The van der Waals surface area contributed by atoms with Crippen molar-refractivity contribution in [1.82, 2.24) is 0 Å². The highest BCUT2D eigenvalue weighted by molar-refractivity contribution is 7.26. The first-order valence-electron chi connectivity index (χ1n) is 19.6. The number of benzene rings is 4. The highest BCUT2D eigenvalue weighted by atomic mass is 32.1. The van der Waals surface area contributed by atoms with Crippen LogP contribution in [-0.2, 0) is 5.41 Å². The molecule has 0 saturated heterocycles. The topological polar surface area (TPSA) is 0 Å². The maximum atomic E-state index is 4.69. The van der Waals surface area contributed by atoms with Crippen LogP contribution >= 0.6 is 11.3 Å². The van der Waals surface area contributed by atoms with Crippen molar-refractivity contribution in [2.45, 2.75) is 46.5 Å². The van der Waals surface area contributed by atoms with Crippen LogP contribution in [0.2, 0.25) is 0 Å². The van der Waals surface area contributed by atoms with Crippen molar-refractivity contribution in [2.75, 3.05) is 0 Å². The van der Waals surface area contributed by atoms with Gasteiger partial charge in [-0.1, -0.05) is 204 Å². The van der Waals surface area contributed by atoms with Gasteiger partial charge >= 0.3 is 0 Å². The third-order valence-corrected chi connectivity index (χ3v) is 12.2. The molecule has 7 rings (SSSR count). The van der Waals surface area contributed by atoms with Gasteiger partial charge in [-0.3, -0.25) is 0 Å². The van der Waals surface area contributed by atoms with Crippen LogP contribution in [0.5, 0.6) is 0 Å². The summed E-state index contributed by atoms with van der Waals surface area (Å²) in [4.78, 5) is 0. The van der Waals surface area contributed by atoms with E-state index < -0.39 is 0 Å². The fraction of sp³-hybridized carbons (Fsp3) is 0.127. The van der Waals surface area contributed by atoms with Crippen LogP contribution in [0.3, 0.4) is 0 Å². The zero-order chi connectivity index (χ0) is 39.2. The second kappa shape index (κ2) is 16.8. The van der Waals surface area contributed by atoms with Gasteiger partial charge < -0.3 is 0 Å². The van der Waals surface area contributed by atoms with Crippen LogP contribution in [0.4, 0.5) is 0 Å². The summed E-state index contributed by atoms with van der Waals surface area (Å²) in [6.45, 7) is 20.3. The molecule has 1 aromatic heterocycles. The van der Waals surface area contributed by atoms with E-state index in [0.717, 1.165) is 28.5 Å². The molecule has 1 aliphatic carbocycles. The molecule has 0 fully saturated rings. The molecule has 0 unspecified atom stereocenters. The van der Waals surface area contributed by atoms with E-state index in [2.05, 4.69) is 217 Å². The average molecular weight is 743 g/mol. The molecule has 0 N–H and O–H groups in total. The Bertz CT molecular complexity index is 2790. The van der Waals surface area contributed by atoms with Crippen molar-refractivity contribution in [1.29, 1.82) is 0 Å². The Labute approximate surface area is 337 Å². The molecule has 0 amide bonds. The first kappa shape index (κ1) is 38.3. The smallest absolute Gasteiger partial charge is 0.0440 e. The molecule has 0 aliphatic heterocycles. The summed E-state index contributed by atoms with van der Waals surface area (Å²) < 4.78 is 2.68. The van der Waals surface area contributed by atoms with Crippen LogP contribution in [0.1, 0.15) is 63.3 Å². The van der Waals surface area contributed by atoms with E-state index in [1.807, 2.05) is 11.3 Å². The van der Waals surface area contributed by atoms with Gasteiger partial charge in [0.2, 0.25) is 0 Å². The summed E-state index contributed by atoms with van der Waals surface area (Å²) in [5, 5.41) is 7.67. The van der Waals surface area contributed by atoms with Gasteiger partial charge in [0.25, 0.3) is 0 Å². The van der Waals surface area contributed by atoms with Gasteiger partial charge in [0.15, 0.2) is 0 Å². The summed E-state index contributed by atoms with van der Waals surface area (Å²) in [5.74, 6) is 0. The molecule has 0 saturated carbocycles. The van der Waals surface area contributed by atoms with Gasteiger partial charge in [0, 0.05) is 25.6 Å². The minimum absolute atomic E-state index is 0.188. The molecular formula is C55H50S. The van der Waals surface area contributed by atoms with Crippen molar-refractivity contribution < 1.29 is 0 Å². The standard InChI is InChI=1S/C55H50S/c1-8-25-41(9-2)37-36-39(4)43-28-17-14-13-16-27-42(45-30-19-20-31-46(43)45)38(3)26-15-11-10-12-18-29-44-40(5)55(6,7)53-47-32-21-22-33-48(47)54-52(51(44)53)49-34-23-24-35-50(49)56-54/h8,10-37H,3,5,9H2,1-2,4,6-7H3/b11-10+,14-13?,16-13?,17-14?,18-12+,25-8-,26-15-,27-16?,28-17?,39-36+,41-37+,42-27?,43-28?,44-29+,45-42?,46-43?. The van der Waals surface area contributed by atoms with Gasteiger partial charge in [-0.15, -0.1) is 11.3 Å². The summed E-state index contributed by atoms with van der Waals surface area (Å²) in [5.41, 5.74) is 10.7. The lowest BCUT2D eigenvalue weighted by atomic mass is 9.80. The van der Waals surface area contributed by atoms with E-state index in [1.165, 1.54) is 69.7 Å². The SMILES string of the molecule is C=C(\C=C/C=C/C=C/C=C1\C(=C)C(C)(C)c2c1c1c3ccccc3sc1c1ccccc21)c1ccccccc(/C(C)=C/C=C(/C=C\C)CC)c2ccccc12. The first-order chi connectivity index (χ1) is 27.3. The molecule has 0 nitrogen and oxygen atoms in total. The maximum Gasteiger partial charge on any atom is 0.0440 e. The van der Waals surface area contributed by atoms with E-state index in [-0.39, 0.29) is 5.41 Å². The highest BCUT2D eigenvalue weighted by Crippen LogP contribution is 2.56. The molecule has 1 heteroatoms. The van der Waals surface area contributed by atoms with Crippen LogP contribution in [-0.4, -0.2) is 0 Å². The molecule has 5 aromatic carbocycles. The van der Waals surface area contributed by atoms with Gasteiger partial charge in [-0.05, 0) is 98.0 Å². The summed E-state index contributed by atoms with van der Waals surface area (Å²) in [7, 11) is 0. The Hall–Kier alpha value is -6.02. The maximum absolute atomic E-state index is 4.69. The Morgan fingerprint density at radius 2 is 1.25 bits per heavy atom. The second-order valence-electron chi connectivity index (χ2n) is 14.9. The Balaban J connectivity index is 1.21. The molecule has 56 heavy (non-hydrogen) atoms. The van der Waals surface area contributed by atoms with E-state index >= 15 is 0 Å². The number of rotatable bonds is 9. The summed E-state index contributed by atoms with van der Waals surface area (Å²) >= 11 is 1.90. The van der Waals surface area contributed by atoms with Crippen LogP contribution in [0.25, 0.3) is 58.4 Å². The molecule has 0 atom stereocenters. The van der Waals surface area contributed by atoms with Gasteiger partial charge in [0.1, 0.15) is 0 Å². The van der Waals surface area contributed by atoms with Crippen LogP contribution in [0.15, 0.2) is 200 Å². The lowest BCUT2D eigenvalue weighted by molar-refractivity contribution is 0.669. The van der Waals surface area contributed by atoms with Crippen molar-refractivity contribution >= 4 is 69.8 Å². The quantitative estimate of drug-likeness (QED) is 0.129. The number of allylic oxidation sites excluding steroid dienone is 16. The largest absolute Gasteiger partial charge is 0.135 e. The minimum Gasteiger partial charge on any atom is -0.135 e. The van der Waals surface area contributed by atoms with Crippen molar-refractivity contribution in [3.05, 3.63) is 223 Å². The predicted molar refractivity (Wildman–Crippen MR) is 252 cm³/mol. The molecule has 1 aliphatic rings. The lowest BCUT2D eigenvalue weighted by Gasteiger charge is -2.22. The Kier molecular flexibility index (Phi) is 11.5. The van der Waals surface area contributed by atoms with Gasteiger partial charge in [-0.2, -0.15) is 0 Å². The molecule has 276 valence electrons. The van der Waals surface area contributed by atoms with E-state index in [9.17, 15) is 0 Å². The fourth-order valence-electron chi connectivity index (χ4n) is 8.00. The highest BCUT2D eigenvalue weighted by Gasteiger charge is 2.40. The molecule has 0 radical (unpaired) electrons. The van der Waals surface area contributed by atoms with E-state index in [1.54, 1.807) is 0 Å². The first-order valence-corrected chi connectivity index (χ1v) is 20.4. The fourth-order valence-corrected chi connectivity index (χ4v) is 9.25. The van der Waals surface area contributed by atoms with Crippen molar-refractivity contribution in [3.8, 4) is 0 Å². The van der Waals surface area contributed by atoms with E-state index in [4.69, 9.17) is 6.58 Å². The number of hydrogen-bond donors (Lipinski definition) is 0. The van der Waals surface area contributed by atoms with Gasteiger partial charge in [0.05, 0.1) is 0 Å². The summed E-state index contributed by atoms with van der Waals surface area (Å²) in [6, 6.07) is 39.1. The van der Waals surface area contributed by atoms with Gasteiger partial charge in [-0.25, -0.2) is 0 Å². The summed E-state index contributed by atoms with van der Waals surface area (Å²) in [6.07, 6.45) is 24.6. The molecule has 6 aromatic rings. The monoisotopic (exact) mass is 742 g/mol. The zero-order valence-corrected chi connectivity index (χ0v) is 34.1.